The molecule has 0 amide bonds. The summed E-state index contributed by atoms with van der Waals surface area (Å²) >= 11 is 0. The molecular weight excluding hydrogens is 514 g/mol. The first-order chi connectivity index (χ1) is 18.6. The van der Waals surface area contributed by atoms with Crippen molar-refractivity contribution in [2.24, 2.45) is 10.1 Å². The molecule has 0 radical (unpaired) electrons. The predicted octanol–water partition coefficient (Wildman–Crippen LogP) is 3.15. The maximum atomic E-state index is 11.4. The van der Waals surface area contributed by atoms with E-state index in [2.05, 4.69) is 31.0 Å². The number of nitrogens with one attached hydrogen (secondary N) is 1. The largest absolute Gasteiger partial charge is 0.370 e. The molecule has 0 fully saturated rings. The van der Waals surface area contributed by atoms with E-state index in [1.54, 1.807) is 9.36 Å². The van der Waals surface area contributed by atoms with Crippen LogP contribution in [-0.4, -0.2) is 70.4 Å². The molecule has 0 atom stereocenters. The van der Waals surface area contributed by atoms with Gasteiger partial charge < -0.3 is 4.90 Å². The molecule has 2 aromatic heterocycles. The van der Waals surface area contributed by atoms with Crippen LogP contribution >= 0.6 is 0 Å². The van der Waals surface area contributed by atoms with Crippen LogP contribution in [0, 0.1) is 20.8 Å². The summed E-state index contributed by atoms with van der Waals surface area (Å²) in [5, 5.41) is 18.3. The van der Waals surface area contributed by atoms with E-state index >= 15 is 0 Å². The van der Waals surface area contributed by atoms with Crippen molar-refractivity contribution in [1.82, 2.24) is 29.4 Å². The van der Waals surface area contributed by atoms with E-state index in [1.165, 1.54) is 6.26 Å². The minimum Gasteiger partial charge on any atom is -0.370 e. The van der Waals surface area contributed by atoms with Crippen molar-refractivity contribution >= 4 is 32.8 Å². The Balaban J connectivity index is 1.52. The van der Waals surface area contributed by atoms with Gasteiger partial charge in [0, 0.05) is 36.6 Å². The molecule has 202 valence electrons. The zero-order chi connectivity index (χ0) is 27.7. The Morgan fingerprint density at radius 3 is 2.44 bits per heavy atom. The van der Waals surface area contributed by atoms with E-state index in [1.807, 2.05) is 76.2 Å². The SMILES string of the molecule is CCN(CCNS(C)(=O)=O)c1ccc(N=C2C(c3ccccc3)=Nn3c2nnc3-n2nc(C)cc2C)c(C)c1. The molecular formula is C27H31N9O2S. The van der Waals surface area contributed by atoms with Crippen molar-refractivity contribution in [2.45, 2.75) is 27.7 Å². The van der Waals surface area contributed by atoms with Gasteiger partial charge in [-0.15, -0.1) is 10.2 Å². The second-order valence-corrected chi connectivity index (χ2v) is 11.3. The lowest BCUT2D eigenvalue weighted by Gasteiger charge is -2.24. The summed E-state index contributed by atoms with van der Waals surface area (Å²) in [5.41, 5.74) is 6.82. The minimum atomic E-state index is -3.23. The maximum Gasteiger partial charge on any atom is 0.273 e. The Hall–Kier alpha value is -4.16. The Morgan fingerprint density at radius 1 is 1.03 bits per heavy atom. The smallest absolute Gasteiger partial charge is 0.273 e. The molecule has 0 bridgehead atoms. The van der Waals surface area contributed by atoms with E-state index < -0.39 is 10.0 Å². The summed E-state index contributed by atoms with van der Waals surface area (Å²) in [5.74, 6) is 1.05. The first-order valence-corrected chi connectivity index (χ1v) is 14.6. The number of hydrogen-bond acceptors (Lipinski definition) is 8. The average Bonchev–Trinajstić information content (AvgIpc) is 3.56. The van der Waals surface area contributed by atoms with Crippen molar-refractivity contribution in [3.8, 4) is 5.95 Å². The molecule has 0 spiro atoms. The van der Waals surface area contributed by atoms with Gasteiger partial charge in [0.05, 0.1) is 17.6 Å². The number of benzene rings is 2. The Kier molecular flexibility index (Phi) is 7.15. The molecule has 3 heterocycles. The Bertz CT molecular complexity index is 1690. The highest BCUT2D eigenvalue weighted by Gasteiger charge is 2.31. The fraction of sp³-hybridized carbons (Fsp3) is 0.296. The molecule has 0 unspecified atom stereocenters. The Morgan fingerprint density at radius 2 is 1.79 bits per heavy atom. The normalized spacial score (nSPS) is 14.1. The molecule has 1 aliphatic rings. The van der Waals surface area contributed by atoms with Gasteiger partial charge in [0.2, 0.25) is 15.8 Å². The Labute approximate surface area is 228 Å². The standard InChI is InChI=1S/C27H31N9O2S/c1-6-34(15-14-28-39(5,37)38)22-12-13-23(18(2)16-22)29-25-24(21-10-8-7-9-11-21)33-36-26(25)30-31-27(36)35-20(4)17-19(3)32-35/h7-13,16-17,28H,6,14-15H2,1-5H3. The quantitative estimate of drug-likeness (QED) is 0.345. The van der Waals surface area contributed by atoms with Gasteiger partial charge in [-0.1, -0.05) is 30.3 Å². The molecule has 4 aromatic rings. The number of aliphatic imine (C=N–C) groups is 1. The zero-order valence-corrected chi connectivity index (χ0v) is 23.4. The third kappa shape index (κ3) is 5.52. The molecule has 1 aliphatic heterocycles. The lowest BCUT2D eigenvalue weighted by molar-refractivity contribution is 0.587. The molecule has 0 saturated carbocycles. The van der Waals surface area contributed by atoms with Crippen molar-refractivity contribution in [3.05, 3.63) is 82.9 Å². The van der Waals surface area contributed by atoms with E-state index in [0.717, 1.165) is 40.4 Å². The number of rotatable bonds is 9. The third-order valence-corrected chi connectivity index (χ3v) is 7.14. The van der Waals surface area contributed by atoms with Crippen LogP contribution in [0.25, 0.3) is 5.95 Å². The van der Waals surface area contributed by atoms with Crippen LogP contribution in [0.2, 0.25) is 0 Å². The van der Waals surface area contributed by atoms with Crippen molar-refractivity contribution in [1.29, 1.82) is 0 Å². The third-order valence-electron chi connectivity index (χ3n) is 6.41. The number of nitrogens with zero attached hydrogens (tertiary/aromatic N) is 8. The second-order valence-electron chi connectivity index (χ2n) is 9.47. The van der Waals surface area contributed by atoms with E-state index in [4.69, 9.17) is 10.1 Å². The van der Waals surface area contributed by atoms with Crippen LogP contribution in [0.15, 0.2) is 64.7 Å². The molecule has 2 aromatic carbocycles. The predicted molar refractivity (Wildman–Crippen MR) is 153 cm³/mol. The fourth-order valence-corrected chi connectivity index (χ4v) is 5.00. The van der Waals surface area contributed by atoms with Crippen molar-refractivity contribution < 1.29 is 8.42 Å². The van der Waals surface area contributed by atoms with Crippen LogP contribution in [-0.2, 0) is 10.0 Å². The summed E-state index contributed by atoms with van der Waals surface area (Å²) in [7, 11) is -3.23. The highest BCUT2D eigenvalue weighted by atomic mass is 32.2. The zero-order valence-electron chi connectivity index (χ0n) is 22.6. The van der Waals surface area contributed by atoms with Crippen LogP contribution in [0.5, 0.6) is 0 Å². The summed E-state index contributed by atoms with van der Waals surface area (Å²) in [6, 6.07) is 17.9. The fourth-order valence-electron chi connectivity index (χ4n) is 4.54. The highest BCUT2D eigenvalue weighted by Crippen LogP contribution is 2.28. The van der Waals surface area contributed by atoms with E-state index in [9.17, 15) is 8.42 Å². The number of aryl methyl sites for hydroxylation is 3. The first-order valence-electron chi connectivity index (χ1n) is 12.7. The van der Waals surface area contributed by atoms with Crippen molar-refractivity contribution in [3.63, 3.8) is 0 Å². The topological polar surface area (TPSA) is 123 Å². The number of anilines is 1. The molecule has 11 nitrogen and oxygen atoms in total. The van der Waals surface area contributed by atoms with Crippen LogP contribution < -0.4 is 9.62 Å². The second kappa shape index (κ2) is 10.5. The summed E-state index contributed by atoms with van der Waals surface area (Å²) in [4.78, 5) is 7.15. The van der Waals surface area contributed by atoms with Gasteiger partial charge >= 0.3 is 0 Å². The van der Waals surface area contributed by atoms with Gasteiger partial charge in [-0.3, -0.25) is 0 Å². The van der Waals surface area contributed by atoms with Gasteiger partial charge in [0.15, 0.2) is 0 Å². The molecule has 12 heteroatoms. The lowest BCUT2D eigenvalue weighted by Crippen LogP contribution is -2.34. The van der Waals surface area contributed by atoms with Gasteiger partial charge in [0.25, 0.3) is 5.95 Å². The number of sulfonamides is 1. The number of likely N-dealkylation sites (N-methyl/N-ethyl adjacent to an activating group) is 1. The van der Waals surface area contributed by atoms with Crippen LogP contribution in [0.1, 0.15) is 35.3 Å². The summed E-state index contributed by atoms with van der Waals surface area (Å²) in [6.07, 6.45) is 1.17. The van der Waals surface area contributed by atoms with Crippen molar-refractivity contribution in [2.75, 3.05) is 30.8 Å². The maximum absolute atomic E-state index is 11.4. The number of aromatic nitrogens is 5. The van der Waals surface area contributed by atoms with Gasteiger partial charge in [-0.05, 0) is 57.5 Å². The highest BCUT2D eigenvalue weighted by molar-refractivity contribution is 7.88. The minimum absolute atomic E-state index is 0.333. The summed E-state index contributed by atoms with van der Waals surface area (Å²) in [6.45, 7) is 9.57. The molecule has 1 N–H and O–H groups in total. The number of hydrogen-bond donors (Lipinski definition) is 1. The van der Waals surface area contributed by atoms with Gasteiger partial charge in [-0.25, -0.2) is 22.8 Å². The monoisotopic (exact) mass is 545 g/mol. The lowest BCUT2D eigenvalue weighted by atomic mass is 10.1. The molecule has 0 saturated heterocycles. The molecule has 0 aliphatic carbocycles. The summed E-state index contributed by atoms with van der Waals surface area (Å²) < 4.78 is 28.9. The van der Waals surface area contributed by atoms with E-state index in [-0.39, 0.29) is 0 Å². The average molecular weight is 546 g/mol. The number of fused-ring (bicyclic) bond motifs is 1. The molecule has 5 rings (SSSR count). The molecule has 39 heavy (non-hydrogen) atoms. The van der Waals surface area contributed by atoms with Crippen LogP contribution in [0.4, 0.5) is 11.4 Å². The van der Waals surface area contributed by atoms with Crippen LogP contribution in [0.3, 0.4) is 0 Å². The van der Waals surface area contributed by atoms with Gasteiger partial charge in [-0.2, -0.15) is 14.9 Å². The first kappa shape index (κ1) is 26.4. The van der Waals surface area contributed by atoms with Gasteiger partial charge in [0.1, 0.15) is 11.4 Å². The van der Waals surface area contributed by atoms with E-state index in [0.29, 0.717) is 36.3 Å².